The molecule has 3 nitrogen and oxygen atoms in total. The molecule has 0 aliphatic carbocycles. The third-order valence-electron chi connectivity index (χ3n) is 3.19. The quantitative estimate of drug-likeness (QED) is 0.753. The van der Waals surface area contributed by atoms with Crippen LogP contribution in [-0.2, 0) is 11.2 Å². The highest BCUT2D eigenvalue weighted by molar-refractivity contribution is 5.20. The second-order valence-electron chi connectivity index (χ2n) is 6.80. The van der Waals surface area contributed by atoms with Gasteiger partial charge in [-0.25, -0.2) is 0 Å². The summed E-state index contributed by atoms with van der Waals surface area (Å²) in [6.07, 6.45) is 3.84. The molecule has 1 aromatic heterocycles. The molecule has 0 spiro atoms. The maximum Gasteiger partial charge on any atom is 0.137 e. The standard InChI is InChI=1S/C16H27NO2/c1-15(2,11-16(3,4)12-18-5)9-13-7-8-14(19-6)10-17-13/h7-8,10H,9,11-12H2,1-6H3. The Kier molecular flexibility index (Phi) is 5.36. The van der Waals surface area contributed by atoms with E-state index in [9.17, 15) is 0 Å². The zero-order valence-electron chi connectivity index (χ0n) is 13.1. The Balaban J connectivity index is 2.67. The molecule has 0 aromatic carbocycles. The summed E-state index contributed by atoms with van der Waals surface area (Å²) in [5.74, 6) is 0.807. The summed E-state index contributed by atoms with van der Waals surface area (Å²) in [4.78, 5) is 4.45. The summed E-state index contributed by atoms with van der Waals surface area (Å²) in [5, 5.41) is 0. The average molecular weight is 265 g/mol. The van der Waals surface area contributed by atoms with Crippen LogP contribution in [0.1, 0.15) is 39.8 Å². The van der Waals surface area contributed by atoms with E-state index in [0.29, 0.717) is 0 Å². The maximum atomic E-state index is 5.30. The predicted molar refractivity (Wildman–Crippen MR) is 78.5 cm³/mol. The van der Waals surface area contributed by atoms with Crippen molar-refractivity contribution in [1.82, 2.24) is 4.98 Å². The lowest BCUT2D eigenvalue weighted by Gasteiger charge is -2.34. The van der Waals surface area contributed by atoms with Gasteiger partial charge in [-0.1, -0.05) is 27.7 Å². The van der Waals surface area contributed by atoms with Gasteiger partial charge in [0.15, 0.2) is 0 Å². The van der Waals surface area contributed by atoms with Gasteiger partial charge in [-0.2, -0.15) is 0 Å². The molecular weight excluding hydrogens is 238 g/mol. The number of ether oxygens (including phenoxy) is 2. The van der Waals surface area contributed by atoms with Crippen molar-refractivity contribution in [2.75, 3.05) is 20.8 Å². The molecule has 0 aliphatic heterocycles. The molecular formula is C16H27NO2. The Hall–Kier alpha value is -1.09. The number of rotatable bonds is 7. The Labute approximate surface area is 117 Å². The first-order valence-electron chi connectivity index (χ1n) is 6.76. The normalized spacial score (nSPS) is 12.5. The first kappa shape index (κ1) is 16.0. The molecule has 3 heteroatoms. The van der Waals surface area contributed by atoms with E-state index in [1.807, 2.05) is 12.1 Å². The zero-order chi connectivity index (χ0) is 14.5. The van der Waals surface area contributed by atoms with Gasteiger partial charge in [0, 0.05) is 12.8 Å². The summed E-state index contributed by atoms with van der Waals surface area (Å²) in [5.41, 5.74) is 1.49. The van der Waals surface area contributed by atoms with Crippen LogP contribution in [0, 0.1) is 10.8 Å². The van der Waals surface area contributed by atoms with Crippen LogP contribution < -0.4 is 4.74 Å². The van der Waals surface area contributed by atoms with E-state index in [0.717, 1.165) is 30.9 Å². The molecule has 0 unspecified atom stereocenters. The smallest absolute Gasteiger partial charge is 0.137 e. The van der Waals surface area contributed by atoms with Gasteiger partial charge in [-0.3, -0.25) is 4.98 Å². The van der Waals surface area contributed by atoms with Crippen molar-refractivity contribution in [3.63, 3.8) is 0 Å². The van der Waals surface area contributed by atoms with Crippen molar-refractivity contribution in [3.8, 4) is 5.75 Å². The molecule has 0 N–H and O–H groups in total. The fourth-order valence-electron chi connectivity index (χ4n) is 2.93. The van der Waals surface area contributed by atoms with Crippen molar-refractivity contribution in [3.05, 3.63) is 24.0 Å². The molecule has 0 bridgehead atoms. The molecule has 1 heterocycles. The summed E-state index contributed by atoms with van der Waals surface area (Å²) >= 11 is 0. The molecule has 0 radical (unpaired) electrons. The Morgan fingerprint density at radius 1 is 1.05 bits per heavy atom. The lowest BCUT2D eigenvalue weighted by Crippen LogP contribution is -2.28. The van der Waals surface area contributed by atoms with E-state index in [1.165, 1.54) is 0 Å². The SMILES string of the molecule is COCC(C)(C)CC(C)(C)Cc1ccc(OC)cn1. The van der Waals surface area contributed by atoms with Gasteiger partial charge in [0.25, 0.3) is 0 Å². The minimum atomic E-state index is 0.185. The lowest BCUT2D eigenvalue weighted by atomic mass is 9.73. The predicted octanol–water partition coefficient (Wildman–Crippen LogP) is 3.72. The number of nitrogens with zero attached hydrogens (tertiary/aromatic N) is 1. The third kappa shape index (κ3) is 5.60. The van der Waals surface area contributed by atoms with E-state index in [-0.39, 0.29) is 10.8 Å². The van der Waals surface area contributed by atoms with Crippen LogP contribution >= 0.6 is 0 Å². The van der Waals surface area contributed by atoms with Gasteiger partial charge in [-0.05, 0) is 35.8 Å². The molecule has 0 saturated heterocycles. The van der Waals surface area contributed by atoms with Crippen LogP contribution in [0.25, 0.3) is 0 Å². The van der Waals surface area contributed by atoms with Crippen LogP contribution in [0.15, 0.2) is 18.3 Å². The Morgan fingerprint density at radius 2 is 1.74 bits per heavy atom. The summed E-state index contributed by atoms with van der Waals surface area (Å²) in [6.45, 7) is 9.86. The average Bonchev–Trinajstić information content (AvgIpc) is 2.27. The van der Waals surface area contributed by atoms with Crippen molar-refractivity contribution in [2.45, 2.75) is 40.5 Å². The second-order valence-corrected chi connectivity index (χ2v) is 6.80. The van der Waals surface area contributed by atoms with E-state index < -0.39 is 0 Å². The van der Waals surface area contributed by atoms with Crippen LogP contribution in [-0.4, -0.2) is 25.8 Å². The fraction of sp³-hybridized carbons (Fsp3) is 0.688. The van der Waals surface area contributed by atoms with E-state index >= 15 is 0 Å². The van der Waals surface area contributed by atoms with Gasteiger partial charge in [0.2, 0.25) is 0 Å². The van der Waals surface area contributed by atoms with Crippen LogP contribution in [0.3, 0.4) is 0 Å². The summed E-state index contributed by atoms with van der Waals surface area (Å²) in [7, 11) is 3.42. The molecule has 0 fully saturated rings. The minimum absolute atomic E-state index is 0.185. The van der Waals surface area contributed by atoms with Crippen LogP contribution in [0.4, 0.5) is 0 Å². The van der Waals surface area contributed by atoms with Crippen molar-refractivity contribution >= 4 is 0 Å². The van der Waals surface area contributed by atoms with Gasteiger partial charge < -0.3 is 9.47 Å². The first-order chi connectivity index (χ1) is 8.78. The summed E-state index contributed by atoms with van der Waals surface area (Å²) < 4.78 is 10.4. The lowest BCUT2D eigenvalue weighted by molar-refractivity contribution is 0.0674. The first-order valence-corrected chi connectivity index (χ1v) is 6.76. The molecule has 0 atom stereocenters. The van der Waals surface area contributed by atoms with Crippen molar-refractivity contribution < 1.29 is 9.47 Å². The molecule has 1 rings (SSSR count). The molecule has 0 saturated carbocycles. The highest BCUT2D eigenvalue weighted by atomic mass is 16.5. The monoisotopic (exact) mass is 265 g/mol. The van der Waals surface area contributed by atoms with Gasteiger partial charge in [0.1, 0.15) is 5.75 Å². The van der Waals surface area contributed by atoms with Gasteiger partial charge in [-0.15, -0.1) is 0 Å². The maximum absolute atomic E-state index is 5.30. The zero-order valence-corrected chi connectivity index (χ0v) is 13.1. The van der Waals surface area contributed by atoms with E-state index in [2.05, 4.69) is 32.7 Å². The number of hydrogen-bond donors (Lipinski definition) is 0. The number of methoxy groups -OCH3 is 2. The molecule has 0 amide bonds. The molecule has 108 valence electrons. The molecule has 1 aromatic rings. The Morgan fingerprint density at radius 3 is 2.21 bits per heavy atom. The topological polar surface area (TPSA) is 31.4 Å². The number of aromatic nitrogens is 1. The van der Waals surface area contributed by atoms with Crippen molar-refractivity contribution in [2.24, 2.45) is 10.8 Å². The van der Waals surface area contributed by atoms with Crippen LogP contribution in [0.5, 0.6) is 5.75 Å². The number of hydrogen-bond acceptors (Lipinski definition) is 3. The summed E-state index contributed by atoms with van der Waals surface area (Å²) in [6, 6.07) is 4.02. The van der Waals surface area contributed by atoms with Gasteiger partial charge >= 0.3 is 0 Å². The van der Waals surface area contributed by atoms with Gasteiger partial charge in [0.05, 0.1) is 19.9 Å². The highest BCUT2D eigenvalue weighted by Crippen LogP contribution is 2.36. The molecule has 19 heavy (non-hydrogen) atoms. The Bertz CT molecular complexity index is 382. The largest absolute Gasteiger partial charge is 0.495 e. The third-order valence-corrected chi connectivity index (χ3v) is 3.19. The fourth-order valence-corrected chi connectivity index (χ4v) is 2.93. The highest BCUT2D eigenvalue weighted by Gasteiger charge is 2.29. The van der Waals surface area contributed by atoms with Crippen molar-refractivity contribution in [1.29, 1.82) is 0 Å². The van der Waals surface area contributed by atoms with E-state index in [4.69, 9.17) is 9.47 Å². The minimum Gasteiger partial charge on any atom is -0.495 e. The number of pyridine rings is 1. The van der Waals surface area contributed by atoms with E-state index in [1.54, 1.807) is 20.4 Å². The molecule has 0 aliphatic rings. The van der Waals surface area contributed by atoms with Crippen LogP contribution in [0.2, 0.25) is 0 Å². The second kappa shape index (κ2) is 6.38.